The first-order valence-corrected chi connectivity index (χ1v) is 9.14. The number of amides is 1. The molecule has 148 valence electrons. The summed E-state index contributed by atoms with van der Waals surface area (Å²) in [6.07, 6.45) is 3.35. The molecule has 0 radical (unpaired) electrons. The SMILES string of the molecule is Cc1ccn(-c2cc(N3CCN(C(=O)c4cccc([N+](=O)[O-])c4)CC3)ncn2)n1. The minimum atomic E-state index is -0.498. The largest absolute Gasteiger partial charge is 0.353 e. The Balaban J connectivity index is 1.44. The van der Waals surface area contributed by atoms with Crippen LogP contribution in [-0.4, -0.2) is 61.7 Å². The minimum Gasteiger partial charge on any atom is -0.353 e. The highest BCUT2D eigenvalue weighted by Gasteiger charge is 2.24. The molecule has 3 heterocycles. The monoisotopic (exact) mass is 393 g/mol. The third-order valence-corrected chi connectivity index (χ3v) is 4.79. The van der Waals surface area contributed by atoms with Crippen molar-refractivity contribution in [2.75, 3.05) is 31.1 Å². The Morgan fingerprint density at radius 3 is 2.52 bits per heavy atom. The summed E-state index contributed by atoms with van der Waals surface area (Å²) in [5.74, 6) is 1.24. The van der Waals surface area contributed by atoms with E-state index in [0.29, 0.717) is 37.6 Å². The summed E-state index contributed by atoms with van der Waals surface area (Å²) in [6, 6.07) is 9.59. The van der Waals surface area contributed by atoms with Gasteiger partial charge in [0.2, 0.25) is 0 Å². The molecule has 1 amide bonds. The molecule has 1 fully saturated rings. The van der Waals surface area contributed by atoms with Crippen molar-refractivity contribution in [2.24, 2.45) is 0 Å². The lowest BCUT2D eigenvalue weighted by Crippen LogP contribution is -2.49. The fraction of sp³-hybridized carbons (Fsp3) is 0.263. The molecule has 1 aliphatic rings. The number of nitro groups is 1. The molecule has 1 aromatic carbocycles. The van der Waals surface area contributed by atoms with E-state index in [1.165, 1.54) is 24.5 Å². The van der Waals surface area contributed by atoms with Gasteiger partial charge in [-0.1, -0.05) is 6.07 Å². The van der Waals surface area contributed by atoms with E-state index in [9.17, 15) is 14.9 Å². The van der Waals surface area contributed by atoms with Crippen LogP contribution in [0.2, 0.25) is 0 Å². The second-order valence-corrected chi connectivity index (χ2v) is 6.72. The number of rotatable bonds is 4. The van der Waals surface area contributed by atoms with Crippen molar-refractivity contribution in [3.63, 3.8) is 0 Å². The molecule has 0 unspecified atom stereocenters. The summed E-state index contributed by atoms with van der Waals surface area (Å²) in [4.78, 5) is 35.5. The van der Waals surface area contributed by atoms with Crippen LogP contribution in [0.3, 0.4) is 0 Å². The molecular formula is C19H19N7O3. The maximum atomic E-state index is 12.7. The van der Waals surface area contributed by atoms with Crippen molar-refractivity contribution in [1.82, 2.24) is 24.6 Å². The topological polar surface area (TPSA) is 110 Å². The molecular weight excluding hydrogens is 374 g/mol. The summed E-state index contributed by atoms with van der Waals surface area (Å²) in [5, 5.41) is 15.3. The lowest BCUT2D eigenvalue weighted by Gasteiger charge is -2.35. The van der Waals surface area contributed by atoms with Crippen molar-refractivity contribution < 1.29 is 9.72 Å². The van der Waals surface area contributed by atoms with E-state index in [2.05, 4.69) is 20.0 Å². The van der Waals surface area contributed by atoms with Gasteiger partial charge in [-0.15, -0.1) is 0 Å². The van der Waals surface area contributed by atoms with Crippen molar-refractivity contribution in [2.45, 2.75) is 6.92 Å². The molecule has 0 N–H and O–H groups in total. The van der Waals surface area contributed by atoms with Gasteiger partial charge in [-0.25, -0.2) is 14.6 Å². The number of aromatic nitrogens is 4. The molecule has 10 heteroatoms. The average Bonchev–Trinajstić information content (AvgIpc) is 3.20. The zero-order valence-electron chi connectivity index (χ0n) is 15.8. The number of aryl methyl sites for hydroxylation is 1. The standard InChI is InChI=1S/C19H19N7O3/c1-14-5-6-25(22-14)18-12-17(20-13-21-18)23-7-9-24(10-8-23)19(27)15-3-2-4-16(11-15)26(28)29/h2-6,11-13H,7-10H2,1H3. The summed E-state index contributed by atoms with van der Waals surface area (Å²) in [7, 11) is 0. The van der Waals surface area contributed by atoms with Gasteiger partial charge in [0, 0.05) is 56.1 Å². The smallest absolute Gasteiger partial charge is 0.270 e. The normalized spacial score (nSPS) is 14.1. The van der Waals surface area contributed by atoms with Crippen molar-refractivity contribution >= 4 is 17.4 Å². The zero-order valence-corrected chi connectivity index (χ0v) is 15.8. The van der Waals surface area contributed by atoms with E-state index >= 15 is 0 Å². The van der Waals surface area contributed by atoms with E-state index in [-0.39, 0.29) is 11.6 Å². The number of benzene rings is 1. The molecule has 0 spiro atoms. The Morgan fingerprint density at radius 1 is 1.07 bits per heavy atom. The Bertz CT molecular complexity index is 1060. The highest BCUT2D eigenvalue weighted by molar-refractivity contribution is 5.95. The van der Waals surface area contributed by atoms with E-state index in [1.807, 2.05) is 25.3 Å². The average molecular weight is 393 g/mol. The van der Waals surface area contributed by atoms with Gasteiger partial charge < -0.3 is 9.80 Å². The molecule has 3 aromatic rings. The number of non-ortho nitro benzene ring substituents is 1. The first kappa shape index (κ1) is 18.5. The molecule has 1 aliphatic heterocycles. The quantitative estimate of drug-likeness (QED) is 0.491. The molecule has 0 aliphatic carbocycles. The summed E-state index contributed by atoms with van der Waals surface area (Å²) < 4.78 is 1.70. The first-order valence-electron chi connectivity index (χ1n) is 9.14. The van der Waals surface area contributed by atoms with Gasteiger partial charge in [0.25, 0.3) is 11.6 Å². The van der Waals surface area contributed by atoms with Gasteiger partial charge in [-0.05, 0) is 19.1 Å². The number of nitrogens with zero attached hydrogens (tertiary/aromatic N) is 7. The van der Waals surface area contributed by atoms with E-state index in [1.54, 1.807) is 15.6 Å². The van der Waals surface area contributed by atoms with Crippen LogP contribution in [0.1, 0.15) is 16.1 Å². The van der Waals surface area contributed by atoms with Crippen LogP contribution >= 0.6 is 0 Å². The predicted molar refractivity (Wildman–Crippen MR) is 105 cm³/mol. The molecule has 0 atom stereocenters. The summed E-state index contributed by atoms with van der Waals surface area (Å²) >= 11 is 0. The lowest BCUT2D eigenvalue weighted by molar-refractivity contribution is -0.384. The lowest BCUT2D eigenvalue weighted by atomic mass is 10.1. The van der Waals surface area contributed by atoms with E-state index < -0.39 is 4.92 Å². The summed E-state index contributed by atoms with van der Waals surface area (Å²) in [5.41, 5.74) is 1.14. The Kier molecular flexibility index (Phi) is 4.90. The molecule has 10 nitrogen and oxygen atoms in total. The fourth-order valence-electron chi connectivity index (χ4n) is 3.25. The van der Waals surface area contributed by atoms with Gasteiger partial charge in [0.1, 0.15) is 12.1 Å². The van der Waals surface area contributed by atoms with Crippen LogP contribution in [-0.2, 0) is 0 Å². The highest BCUT2D eigenvalue weighted by atomic mass is 16.6. The number of hydrogen-bond donors (Lipinski definition) is 0. The van der Waals surface area contributed by atoms with Crippen LogP contribution in [0.5, 0.6) is 0 Å². The number of nitro benzene ring substituents is 1. The Labute approximate surface area is 166 Å². The van der Waals surface area contributed by atoms with Gasteiger partial charge in [0.05, 0.1) is 10.6 Å². The zero-order chi connectivity index (χ0) is 20.4. The predicted octanol–water partition coefficient (Wildman–Crippen LogP) is 1.84. The van der Waals surface area contributed by atoms with Crippen LogP contribution in [0, 0.1) is 17.0 Å². The maximum absolute atomic E-state index is 12.7. The maximum Gasteiger partial charge on any atom is 0.270 e. The van der Waals surface area contributed by atoms with E-state index in [4.69, 9.17) is 0 Å². The minimum absolute atomic E-state index is 0.0862. The van der Waals surface area contributed by atoms with Crippen molar-refractivity contribution in [1.29, 1.82) is 0 Å². The van der Waals surface area contributed by atoms with Crippen LogP contribution in [0.4, 0.5) is 11.5 Å². The molecule has 0 bridgehead atoms. The van der Waals surface area contributed by atoms with Crippen LogP contribution < -0.4 is 4.90 Å². The fourth-order valence-corrected chi connectivity index (χ4v) is 3.25. The van der Waals surface area contributed by atoms with Crippen LogP contribution in [0.25, 0.3) is 5.82 Å². The first-order chi connectivity index (χ1) is 14.0. The summed E-state index contributed by atoms with van der Waals surface area (Å²) in [6.45, 7) is 4.13. The molecule has 29 heavy (non-hydrogen) atoms. The van der Waals surface area contributed by atoms with Crippen LogP contribution in [0.15, 0.2) is 48.9 Å². The second-order valence-electron chi connectivity index (χ2n) is 6.72. The third kappa shape index (κ3) is 3.91. The van der Waals surface area contributed by atoms with Crippen molar-refractivity contribution in [3.05, 3.63) is 70.3 Å². The highest BCUT2D eigenvalue weighted by Crippen LogP contribution is 2.19. The number of piperazine rings is 1. The van der Waals surface area contributed by atoms with Gasteiger partial charge in [0.15, 0.2) is 5.82 Å². The Hall–Kier alpha value is -3.82. The van der Waals surface area contributed by atoms with Crippen molar-refractivity contribution in [3.8, 4) is 5.82 Å². The molecule has 0 saturated carbocycles. The number of carbonyl (C=O) groups excluding carboxylic acids is 1. The molecule has 4 rings (SSSR count). The molecule has 2 aromatic heterocycles. The van der Waals surface area contributed by atoms with E-state index in [0.717, 1.165) is 11.5 Å². The van der Waals surface area contributed by atoms with Gasteiger partial charge >= 0.3 is 0 Å². The number of anilines is 1. The number of hydrogen-bond acceptors (Lipinski definition) is 7. The van der Waals surface area contributed by atoms with Gasteiger partial charge in [-0.2, -0.15) is 5.10 Å². The second kappa shape index (κ2) is 7.66. The number of carbonyl (C=O) groups is 1. The van der Waals surface area contributed by atoms with Gasteiger partial charge in [-0.3, -0.25) is 14.9 Å². The molecule has 1 saturated heterocycles. The Morgan fingerprint density at radius 2 is 1.83 bits per heavy atom. The third-order valence-electron chi connectivity index (χ3n) is 4.79.